The fraction of sp³-hybridized carbons (Fsp3) is 0.286. The number of ether oxygens (including phenoxy) is 4. The van der Waals surface area contributed by atoms with Gasteiger partial charge in [-0.05, 0) is 61.0 Å². The highest BCUT2D eigenvalue weighted by Crippen LogP contribution is 2.35. The first kappa shape index (κ1) is 25.1. The first-order chi connectivity index (χ1) is 18.1. The summed E-state index contributed by atoms with van der Waals surface area (Å²) in [7, 11) is 1.62. The first-order valence-corrected chi connectivity index (χ1v) is 12.6. The predicted octanol–water partition coefficient (Wildman–Crippen LogP) is 5.43. The lowest BCUT2D eigenvalue weighted by Gasteiger charge is -2.26. The van der Waals surface area contributed by atoms with Crippen molar-refractivity contribution in [2.45, 2.75) is 6.42 Å². The number of nitrogen functional groups attached to an aromatic ring is 1. The number of nitrogens with zero attached hydrogens (tertiary/aromatic N) is 3. The topological polar surface area (TPSA) is 92.0 Å². The molecule has 192 valence electrons. The minimum absolute atomic E-state index is 0.377. The molecule has 9 heteroatoms. The number of nitrogens with two attached hydrogens (primary N) is 1. The van der Waals surface area contributed by atoms with E-state index in [4.69, 9.17) is 41.3 Å². The molecule has 0 saturated carbocycles. The van der Waals surface area contributed by atoms with Crippen molar-refractivity contribution in [1.82, 2.24) is 14.9 Å². The molecular weight excluding hydrogens is 492 g/mol. The van der Waals surface area contributed by atoms with Crippen molar-refractivity contribution in [1.29, 1.82) is 0 Å². The molecule has 0 amide bonds. The van der Waals surface area contributed by atoms with Crippen LogP contribution in [0.25, 0.3) is 22.3 Å². The zero-order valence-corrected chi connectivity index (χ0v) is 21.4. The molecule has 0 spiro atoms. The van der Waals surface area contributed by atoms with Crippen LogP contribution in [0.3, 0.4) is 0 Å². The molecule has 5 rings (SSSR count). The van der Waals surface area contributed by atoms with Crippen LogP contribution < -0.4 is 19.9 Å². The Bertz CT molecular complexity index is 1340. The van der Waals surface area contributed by atoms with Gasteiger partial charge in [0.1, 0.15) is 17.3 Å². The molecule has 1 saturated heterocycles. The van der Waals surface area contributed by atoms with Crippen molar-refractivity contribution < 1.29 is 18.9 Å². The van der Waals surface area contributed by atoms with Crippen molar-refractivity contribution in [3.8, 4) is 34.4 Å². The van der Waals surface area contributed by atoms with E-state index in [1.54, 1.807) is 19.2 Å². The summed E-state index contributed by atoms with van der Waals surface area (Å²) in [6, 6.07) is 18.4. The van der Waals surface area contributed by atoms with Gasteiger partial charge in [-0.2, -0.15) is 0 Å². The second-order valence-electron chi connectivity index (χ2n) is 8.69. The lowest BCUT2D eigenvalue weighted by molar-refractivity contribution is 0.0357. The number of hydrogen-bond acceptors (Lipinski definition) is 8. The van der Waals surface area contributed by atoms with Crippen LogP contribution >= 0.6 is 11.6 Å². The molecular formula is C28H29ClN4O4. The zero-order chi connectivity index (χ0) is 25.6. The molecule has 0 unspecified atom stereocenters. The third kappa shape index (κ3) is 6.22. The van der Waals surface area contributed by atoms with Crippen LogP contribution in [-0.2, 0) is 4.74 Å². The second kappa shape index (κ2) is 11.6. The summed E-state index contributed by atoms with van der Waals surface area (Å²) in [4.78, 5) is 11.7. The highest BCUT2D eigenvalue weighted by atomic mass is 35.5. The van der Waals surface area contributed by atoms with Crippen LogP contribution in [0.1, 0.15) is 6.42 Å². The molecule has 1 fully saturated rings. The maximum absolute atomic E-state index is 6.35. The Morgan fingerprint density at radius 3 is 2.35 bits per heavy atom. The number of fused-ring (bicyclic) bond motifs is 1. The van der Waals surface area contributed by atoms with Crippen molar-refractivity contribution in [2.75, 3.05) is 52.3 Å². The van der Waals surface area contributed by atoms with Gasteiger partial charge in [0.25, 0.3) is 0 Å². The van der Waals surface area contributed by atoms with Crippen molar-refractivity contribution >= 4 is 28.3 Å². The summed E-state index contributed by atoms with van der Waals surface area (Å²) >= 11 is 5.94. The molecule has 4 aromatic rings. The lowest BCUT2D eigenvalue weighted by atomic mass is 10.1. The van der Waals surface area contributed by atoms with E-state index in [-0.39, 0.29) is 0 Å². The Morgan fingerprint density at radius 1 is 0.946 bits per heavy atom. The van der Waals surface area contributed by atoms with E-state index in [2.05, 4.69) is 9.88 Å². The van der Waals surface area contributed by atoms with Gasteiger partial charge in [-0.15, -0.1) is 0 Å². The van der Waals surface area contributed by atoms with E-state index >= 15 is 0 Å². The van der Waals surface area contributed by atoms with Gasteiger partial charge < -0.3 is 24.7 Å². The van der Waals surface area contributed by atoms with Gasteiger partial charge >= 0.3 is 0 Å². The molecule has 1 aromatic heterocycles. The van der Waals surface area contributed by atoms with E-state index in [1.807, 2.05) is 48.5 Å². The van der Waals surface area contributed by atoms with Crippen LogP contribution in [0.15, 0.2) is 60.7 Å². The van der Waals surface area contributed by atoms with E-state index < -0.39 is 0 Å². The number of aromatic nitrogens is 2. The number of anilines is 1. The number of morpholine rings is 1. The van der Waals surface area contributed by atoms with Crippen molar-refractivity contribution in [3.63, 3.8) is 0 Å². The van der Waals surface area contributed by atoms with Gasteiger partial charge in [0.05, 0.1) is 32.4 Å². The van der Waals surface area contributed by atoms with Gasteiger partial charge in [0, 0.05) is 41.7 Å². The summed E-state index contributed by atoms with van der Waals surface area (Å²) in [6.45, 7) is 5.06. The van der Waals surface area contributed by atoms with E-state index in [9.17, 15) is 0 Å². The smallest absolute Gasteiger partial charge is 0.162 e. The fourth-order valence-corrected chi connectivity index (χ4v) is 4.29. The highest BCUT2D eigenvalue weighted by Gasteiger charge is 2.14. The molecule has 2 N–H and O–H groups in total. The molecule has 2 heterocycles. The molecule has 1 aliphatic rings. The van der Waals surface area contributed by atoms with Gasteiger partial charge in [-0.1, -0.05) is 11.6 Å². The summed E-state index contributed by atoms with van der Waals surface area (Å²) in [5, 5.41) is 1.38. The molecule has 1 aliphatic heterocycles. The largest absolute Gasteiger partial charge is 0.493 e. The number of rotatable bonds is 9. The quantitative estimate of drug-likeness (QED) is 0.292. The molecule has 8 nitrogen and oxygen atoms in total. The van der Waals surface area contributed by atoms with Crippen LogP contribution in [-0.4, -0.2) is 61.4 Å². The summed E-state index contributed by atoms with van der Waals surface area (Å²) < 4.78 is 22.9. The third-order valence-corrected chi connectivity index (χ3v) is 6.40. The maximum atomic E-state index is 6.35. The average molecular weight is 521 g/mol. The average Bonchev–Trinajstić information content (AvgIpc) is 2.93. The monoisotopic (exact) mass is 520 g/mol. The Morgan fingerprint density at radius 2 is 1.65 bits per heavy atom. The third-order valence-electron chi connectivity index (χ3n) is 6.15. The Balaban J connectivity index is 1.29. The molecule has 0 radical (unpaired) electrons. The Kier molecular flexibility index (Phi) is 7.89. The Hall–Kier alpha value is -3.59. The fourth-order valence-electron chi connectivity index (χ4n) is 4.17. The van der Waals surface area contributed by atoms with E-state index in [1.165, 1.54) is 0 Å². The standard InChI is InChI=1S/C28H29ClN4O4/c1-34-25-18-24-23(17-26(25)36-14-2-11-33-12-15-35-16-13-33)27(30)32-28(31-24)19-3-7-21(8-4-19)37-22-9-5-20(29)6-10-22/h3-10,17-18H,2,11-16H2,1H3,(H2,30,31,32). The normalized spacial score (nSPS) is 14.0. The van der Waals surface area contributed by atoms with Crippen molar-refractivity contribution in [3.05, 3.63) is 65.7 Å². The summed E-state index contributed by atoms with van der Waals surface area (Å²) in [6.07, 6.45) is 0.907. The second-order valence-corrected chi connectivity index (χ2v) is 9.13. The summed E-state index contributed by atoms with van der Waals surface area (Å²) in [5.74, 6) is 3.52. The molecule has 37 heavy (non-hydrogen) atoms. The van der Waals surface area contributed by atoms with Crippen molar-refractivity contribution in [2.24, 2.45) is 0 Å². The molecule has 0 bridgehead atoms. The van der Waals surface area contributed by atoms with Crippen LogP contribution in [0.4, 0.5) is 5.82 Å². The van der Waals surface area contributed by atoms with Gasteiger partial charge in [-0.3, -0.25) is 4.90 Å². The van der Waals surface area contributed by atoms with Crippen LogP contribution in [0, 0.1) is 0 Å². The van der Waals surface area contributed by atoms with E-state index in [0.717, 1.165) is 50.2 Å². The number of benzene rings is 3. The number of halogens is 1. The molecule has 3 aromatic carbocycles. The number of methoxy groups -OCH3 is 1. The minimum Gasteiger partial charge on any atom is -0.493 e. The number of hydrogen-bond donors (Lipinski definition) is 1. The Labute approximate surface area is 220 Å². The van der Waals surface area contributed by atoms with Gasteiger partial charge in [0.2, 0.25) is 0 Å². The van der Waals surface area contributed by atoms with E-state index in [0.29, 0.717) is 51.8 Å². The molecule has 0 aliphatic carbocycles. The zero-order valence-electron chi connectivity index (χ0n) is 20.7. The SMILES string of the molecule is COc1cc2nc(-c3ccc(Oc4ccc(Cl)cc4)cc3)nc(N)c2cc1OCCCN1CCOCC1. The highest BCUT2D eigenvalue weighted by molar-refractivity contribution is 6.30. The van der Waals surface area contributed by atoms with Crippen LogP contribution in [0.2, 0.25) is 5.02 Å². The minimum atomic E-state index is 0.377. The van der Waals surface area contributed by atoms with Gasteiger partial charge in [0.15, 0.2) is 17.3 Å². The summed E-state index contributed by atoms with van der Waals surface area (Å²) in [5.41, 5.74) is 7.85. The first-order valence-electron chi connectivity index (χ1n) is 12.2. The predicted molar refractivity (Wildman–Crippen MR) is 145 cm³/mol. The van der Waals surface area contributed by atoms with Crippen LogP contribution in [0.5, 0.6) is 23.0 Å². The molecule has 0 atom stereocenters. The maximum Gasteiger partial charge on any atom is 0.162 e. The van der Waals surface area contributed by atoms with Gasteiger partial charge in [-0.25, -0.2) is 9.97 Å². The lowest BCUT2D eigenvalue weighted by Crippen LogP contribution is -2.37.